The van der Waals surface area contributed by atoms with Crippen molar-refractivity contribution >= 4 is 24.5 Å². The first kappa shape index (κ1) is 13.2. The highest BCUT2D eigenvalue weighted by Gasteiger charge is 2.31. The van der Waals surface area contributed by atoms with Crippen LogP contribution in [0.25, 0.3) is 0 Å². The summed E-state index contributed by atoms with van der Waals surface area (Å²) in [5.41, 5.74) is 5.61. The average Bonchev–Trinajstić information content (AvgIpc) is 1.98. The molecule has 0 radical (unpaired) electrons. The zero-order valence-electron chi connectivity index (χ0n) is 8.52. The van der Waals surface area contributed by atoms with E-state index in [1.165, 1.54) is 7.05 Å². The lowest BCUT2D eigenvalue weighted by atomic mass is 10.0. The van der Waals surface area contributed by atoms with Crippen molar-refractivity contribution in [3.05, 3.63) is 0 Å². The number of nitrogens with zero attached hydrogens (tertiary/aromatic N) is 1. The van der Waals surface area contributed by atoms with Gasteiger partial charge in [-0.2, -0.15) is 12.6 Å². The van der Waals surface area contributed by atoms with Crippen LogP contribution in [0.1, 0.15) is 13.8 Å². The molecule has 1 atom stereocenters. The number of aliphatic carboxylic acids is 1. The number of rotatable bonds is 4. The van der Waals surface area contributed by atoms with E-state index in [1.54, 1.807) is 13.8 Å². The zero-order valence-corrected chi connectivity index (χ0v) is 9.41. The van der Waals surface area contributed by atoms with Crippen molar-refractivity contribution in [2.75, 3.05) is 13.6 Å². The fraction of sp³-hybridized carbons (Fsp3) is 0.750. The first-order chi connectivity index (χ1) is 6.16. The van der Waals surface area contributed by atoms with Crippen LogP contribution in [0.2, 0.25) is 0 Å². The molecular weight excluding hydrogens is 204 g/mol. The summed E-state index contributed by atoms with van der Waals surface area (Å²) in [6, 6.07) is -0.810. The largest absolute Gasteiger partial charge is 0.480 e. The van der Waals surface area contributed by atoms with Gasteiger partial charge in [0.25, 0.3) is 0 Å². The van der Waals surface area contributed by atoms with Crippen molar-refractivity contribution in [1.82, 2.24) is 4.90 Å². The Morgan fingerprint density at radius 3 is 2.29 bits per heavy atom. The molecule has 0 aromatic carbocycles. The first-order valence-corrected chi connectivity index (χ1v) is 4.55. The summed E-state index contributed by atoms with van der Waals surface area (Å²) in [6.45, 7) is 3.05. The van der Waals surface area contributed by atoms with Gasteiger partial charge in [-0.3, -0.25) is 9.59 Å². The molecule has 6 heteroatoms. The zero-order chi connectivity index (χ0) is 11.5. The number of likely N-dealkylation sites (N-methyl/N-ethyl adjacent to an activating group) is 1. The predicted molar refractivity (Wildman–Crippen MR) is 56.3 cm³/mol. The van der Waals surface area contributed by atoms with Gasteiger partial charge in [0, 0.05) is 11.8 Å². The summed E-state index contributed by atoms with van der Waals surface area (Å²) in [4.78, 5) is 22.9. The van der Waals surface area contributed by atoms with E-state index < -0.39 is 22.7 Å². The molecule has 3 N–H and O–H groups in total. The molecule has 0 aromatic rings. The van der Waals surface area contributed by atoms with Crippen molar-refractivity contribution < 1.29 is 14.7 Å². The number of carboxylic acids is 1. The van der Waals surface area contributed by atoms with E-state index >= 15 is 0 Å². The van der Waals surface area contributed by atoms with Crippen LogP contribution in [-0.4, -0.2) is 46.3 Å². The molecule has 0 spiro atoms. The molecule has 0 heterocycles. The van der Waals surface area contributed by atoms with Gasteiger partial charge in [0.2, 0.25) is 5.91 Å². The van der Waals surface area contributed by atoms with Gasteiger partial charge in [-0.25, -0.2) is 0 Å². The van der Waals surface area contributed by atoms with Gasteiger partial charge >= 0.3 is 5.97 Å². The molecule has 0 saturated carbocycles. The summed E-state index contributed by atoms with van der Waals surface area (Å²) in [6.07, 6.45) is 0. The minimum absolute atomic E-state index is 0.351. The van der Waals surface area contributed by atoms with Crippen molar-refractivity contribution in [2.45, 2.75) is 24.6 Å². The molecule has 0 aliphatic rings. The maximum atomic E-state index is 11.5. The molecule has 0 rings (SSSR count). The van der Waals surface area contributed by atoms with E-state index in [0.717, 1.165) is 4.90 Å². The summed E-state index contributed by atoms with van der Waals surface area (Å²) >= 11 is 4.15. The standard InChI is InChI=1S/C8H16N2O3S/c1-8(2,14)6(9)7(13)10(3)4-5(11)12/h6,14H,4,9H2,1-3H3,(H,11,12)/t6-/m1/s1. The number of amides is 1. The van der Waals surface area contributed by atoms with Gasteiger partial charge in [-0.1, -0.05) is 0 Å². The monoisotopic (exact) mass is 220 g/mol. The highest BCUT2D eigenvalue weighted by atomic mass is 32.1. The van der Waals surface area contributed by atoms with Crippen LogP contribution < -0.4 is 5.73 Å². The minimum atomic E-state index is -1.06. The number of nitrogens with two attached hydrogens (primary N) is 1. The van der Waals surface area contributed by atoms with Crippen LogP contribution in [0, 0.1) is 0 Å². The highest BCUT2D eigenvalue weighted by Crippen LogP contribution is 2.16. The number of thiol groups is 1. The number of carboxylic acid groups (broad SMARTS) is 1. The van der Waals surface area contributed by atoms with Crippen molar-refractivity contribution in [3.63, 3.8) is 0 Å². The number of hydrogen-bond acceptors (Lipinski definition) is 4. The quantitative estimate of drug-likeness (QED) is 0.561. The first-order valence-electron chi connectivity index (χ1n) is 4.11. The highest BCUT2D eigenvalue weighted by molar-refractivity contribution is 7.81. The number of hydrogen-bond donors (Lipinski definition) is 3. The smallest absolute Gasteiger partial charge is 0.323 e. The van der Waals surface area contributed by atoms with Gasteiger partial charge in [-0.05, 0) is 13.8 Å². The summed E-state index contributed by atoms with van der Waals surface area (Å²) in [5.74, 6) is -1.49. The fourth-order valence-corrected chi connectivity index (χ4v) is 0.931. The van der Waals surface area contributed by atoms with Crippen LogP contribution in [-0.2, 0) is 9.59 Å². The molecule has 82 valence electrons. The number of carbonyl (C=O) groups excluding carboxylic acids is 1. The molecule has 0 unspecified atom stereocenters. The maximum Gasteiger partial charge on any atom is 0.323 e. The molecule has 14 heavy (non-hydrogen) atoms. The molecule has 0 aliphatic heterocycles. The predicted octanol–water partition coefficient (Wildman–Crippen LogP) is -0.435. The van der Waals surface area contributed by atoms with E-state index in [4.69, 9.17) is 10.8 Å². The Balaban J connectivity index is 4.40. The Labute approximate surface area is 88.7 Å². The lowest BCUT2D eigenvalue weighted by molar-refractivity contribution is -0.144. The van der Waals surface area contributed by atoms with Crippen LogP contribution in [0.3, 0.4) is 0 Å². The average molecular weight is 220 g/mol. The van der Waals surface area contributed by atoms with Crippen LogP contribution in [0.15, 0.2) is 0 Å². The third-order valence-electron chi connectivity index (χ3n) is 1.78. The second kappa shape index (κ2) is 4.65. The molecule has 1 amide bonds. The van der Waals surface area contributed by atoms with Crippen LogP contribution >= 0.6 is 12.6 Å². The Hall–Kier alpha value is -0.750. The summed E-state index contributed by atoms with van der Waals surface area (Å²) in [5, 5.41) is 8.46. The lowest BCUT2D eigenvalue weighted by Crippen LogP contribution is -2.52. The topological polar surface area (TPSA) is 83.6 Å². The third-order valence-corrected chi connectivity index (χ3v) is 2.05. The molecule has 5 nitrogen and oxygen atoms in total. The second-order valence-electron chi connectivity index (χ2n) is 3.72. The van der Waals surface area contributed by atoms with Gasteiger partial charge in [-0.15, -0.1) is 0 Å². The molecule has 0 fully saturated rings. The van der Waals surface area contributed by atoms with Crippen LogP contribution in [0.5, 0.6) is 0 Å². The third kappa shape index (κ3) is 3.97. The van der Waals surface area contributed by atoms with Gasteiger partial charge < -0.3 is 15.7 Å². The van der Waals surface area contributed by atoms with Crippen molar-refractivity contribution in [2.24, 2.45) is 5.73 Å². The van der Waals surface area contributed by atoms with Gasteiger partial charge in [0.15, 0.2) is 0 Å². The van der Waals surface area contributed by atoms with Gasteiger partial charge in [0.05, 0.1) is 6.04 Å². The summed E-state index contributed by atoms with van der Waals surface area (Å²) < 4.78 is -0.663. The Morgan fingerprint density at radius 2 is 2.00 bits per heavy atom. The van der Waals surface area contributed by atoms with E-state index in [1.807, 2.05) is 0 Å². The van der Waals surface area contributed by atoms with E-state index in [0.29, 0.717) is 0 Å². The second-order valence-corrected chi connectivity index (χ2v) is 4.87. The number of carbonyl (C=O) groups is 2. The molecule has 0 aromatic heterocycles. The lowest BCUT2D eigenvalue weighted by Gasteiger charge is -2.28. The van der Waals surface area contributed by atoms with E-state index in [2.05, 4.69) is 12.6 Å². The molecule has 0 bridgehead atoms. The van der Waals surface area contributed by atoms with Crippen LogP contribution in [0.4, 0.5) is 0 Å². The van der Waals surface area contributed by atoms with Crippen molar-refractivity contribution in [3.8, 4) is 0 Å². The Morgan fingerprint density at radius 1 is 1.57 bits per heavy atom. The van der Waals surface area contributed by atoms with Crippen molar-refractivity contribution in [1.29, 1.82) is 0 Å². The fourth-order valence-electron chi connectivity index (χ4n) is 0.820. The van der Waals surface area contributed by atoms with Gasteiger partial charge in [0.1, 0.15) is 6.54 Å². The Kier molecular flexibility index (Phi) is 4.41. The normalized spacial score (nSPS) is 13.5. The SMILES string of the molecule is CN(CC(=O)O)C(=O)[C@@H](N)C(C)(C)S. The molecule has 0 aliphatic carbocycles. The summed E-state index contributed by atoms with van der Waals surface area (Å²) in [7, 11) is 1.40. The van der Waals surface area contributed by atoms with E-state index in [-0.39, 0.29) is 6.54 Å². The Bertz CT molecular complexity index is 237. The molecular formula is C8H16N2O3S. The molecule has 0 saturated heterocycles. The maximum absolute atomic E-state index is 11.5. The van der Waals surface area contributed by atoms with E-state index in [9.17, 15) is 9.59 Å². The minimum Gasteiger partial charge on any atom is -0.480 e.